The molecule has 0 unspecified atom stereocenters. The van der Waals surface area contributed by atoms with Gasteiger partial charge in [-0.3, -0.25) is 9.59 Å². The fraction of sp³-hybridized carbons (Fsp3) is 0. The van der Waals surface area contributed by atoms with Crippen LogP contribution < -0.4 is 0 Å². The summed E-state index contributed by atoms with van der Waals surface area (Å²) in [6.07, 6.45) is -3.24. The third kappa shape index (κ3) is 111. The Morgan fingerprint density at radius 1 is 0.857 bits per heavy atom. The summed E-state index contributed by atoms with van der Waals surface area (Å²) in [5, 5.41) is 33.6. The summed E-state index contributed by atoms with van der Waals surface area (Å²) in [6.45, 7) is -0.500. The molecule has 10 heteroatoms. The molecule has 0 saturated heterocycles. The molecule has 0 aromatic carbocycles. The SMILES string of the molecule is O=C(O)N=NC(=O)O.O=CO.O=CO. The molecule has 2 amide bonds. The van der Waals surface area contributed by atoms with E-state index in [4.69, 9.17) is 30.0 Å². The Bertz CT molecular complexity index is 189. The third-order valence-electron chi connectivity index (χ3n) is 0.221. The van der Waals surface area contributed by atoms with Gasteiger partial charge in [-0.25, -0.2) is 9.59 Å². The molecule has 0 aromatic heterocycles. The lowest BCUT2D eigenvalue weighted by Gasteiger charge is -1.72. The molecule has 0 aromatic rings. The molecule has 0 aliphatic carbocycles. The third-order valence-corrected chi connectivity index (χ3v) is 0.221. The van der Waals surface area contributed by atoms with E-state index in [2.05, 4.69) is 10.2 Å². The maximum absolute atomic E-state index is 9.38. The summed E-state index contributed by atoms with van der Waals surface area (Å²) in [5.74, 6) is 0. The van der Waals surface area contributed by atoms with Crippen LogP contribution in [0.1, 0.15) is 0 Å². The number of hydrogen-bond acceptors (Lipinski definition) is 4. The molecule has 10 nitrogen and oxygen atoms in total. The smallest absolute Gasteiger partial charge is 0.450 e. The van der Waals surface area contributed by atoms with E-state index in [9.17, 15) is 9.59 Å². The van der Waals surface area contributed by atoms with E-state index in [0.29, 0.717) is 0 Å². The van der Waals surface area contributed by atoms with E-state index in [1.165, 1.54) is 0 Å². The fourth-order valence-electron chi connectivity index (χ4n) is 0.0855. The van der Waals surface area contributed by atoms with E-state index in [1.54, 1.807) is 0 Å². The number of rotatable bonds is 0. The second-order valence-electron chi connectivity index (χ2n) is 0.976. The van der Waals surface area contributed by atoms with Gasteiger partial charge >= 0.3 is 12.2 Å². The summed E-state index contributed by atoms with van der Waals surface area (Å²) >= 11 is 0. The van der Waals surface area contributed by atoms with Crippen LogP contribution in [0.4, 0.5) is 9.59 Å². The highest BCUT2D eigenvalue weighted by molar-refractivity contribution is 5.70. The van der Waals surface area contributed by atoms with Gasteiger partial charge in [0.1, 0.15) is 0 Å². The Hall–Kier alpha value is -2.52. The molecular weight excluding hydrogens is 204 g/mol. The molecule has 0 aliphatic rings. The molecule has 14 heavy (non-hydrogen) atoms. The lowest BCUT2D eigenvalue weighted by Crippen LogP contribution is -1.87. The molecular formula is C4H6N2O8. The van der Waals surface area contributed by atoms with Crippen molar-refractivity contribution in [3.8, 4) is 0 Å². The van der Waals surface area contributed by atoms with E-state index in [-0.39, 0.29) is 12.9 Å². The van der Waals surface area contributed by atoms with E-state index in [0.717, 1.165) is 0 Å². The highest BCUT2D eigenvalue weighted by atomic mass is 16.4. The zero-order chi connectivity index (χ0) is 12.0. The van der Waals surface area contributed by atoms with Crippen molar-refractivity contribution >= 4 is 25.1 Å². The van der Waals surface area contributed by atoms with Gasteiger partial charge in [0.05, 0.1) is 0 Å². The topological polar surface area (TPSA) is 174 Å². The molecule has 0 heterocycles. The summed E-state index contributed by atoms with van der Waals surface area (Å²) in [6, 6.07) is 0. The van der Waals surface area contributed by atoms with Crippen LogP contribution >= 0.6 is 0 Å². The second kappa shape index (κ2) is 16.8. The number of hydrogen-bond donors (Lipinski definition) is 4. The van der Waals surface area contributed by atoms with Crippen molar-refractivity contribution in [1.29, 1.82) is 0 Å². The lowest BCUT2D eigenvalue weighted by atomic mass is 11.2. The fourth-order valence-corrected chi connectivity index (χ4v) is 0.0855. The molecule has 0 aliphatic heterocycles. The van der Waals surface area contributed by atoms with Gasteiger partial charge in [0.25, 0.3) is 12.9 Å². The van der Waals surface area contributed by atoms with Crippen molar-refractivity contribution in [3.05, 3.63) is 0 Å². The van der Waals surface area contributed by atoms with Gasteiger partial charge in [-0.2, -0.15) is 0 Å². The predicted molar refractivity (Wildman–Crippen MR) is 38.3 cm³/mol. The zero-order valence-electron chi connectivity index (χ0n) is 6.47. The number of carboxylic acid groups (broad SMARTS) is 4. The van der Waals surface area contributed by atoms with Gasteiger partial charge < -0.3 is 20.4 Å². The number of carbonyl (C=O) groups is 4. The minimum Gasteiger partial charge on any atom is -0.483 e. The van der Waals surface area contributed by atoms with E-state index in [1.807, 2.05) is 0 Å². The molecule has 0 radical (unpaired) electrons. The summed E-state index contributed by atoms with van der Waals surface area (Å²) in [7, 11) is 0. The maximum Gasteiger partial charge on any atom is 0.450 e. The van der Waals surface area contributed by atoms with Crippen molar-refractivity contribution in [3.63, 3.8) is 0 Å². The Morgan fingerprint density at radius 3 is 1.07 bits per heavy atom. The van der Waals surface area contributed by atoms with Crippen molar-refractivity contribution in [1.82, 2.24) is 0 Å². The van der Waals surface area contributed by atoms with E-state index >= 15 is 0 Å². The van der Waals surface area contributed by atoms with Crippen molar-refractivity contribution in [2.75, 3.05) is 0 Å². The largest absolute Gasteiger partial charge is 0.483 e. The highest BCUT2D eigenvalue weighted by Crippen LogP contribution is 1.76. The zero-order valence-corrected chi connectivity index (χ0v) is 6.47. The Morgan fingerprint density at radius 2 is 1.00 bits per heavy atom. The van der Waals surface area contributed by atoms with Crippen molar-refractivity contribution < 1.29 is 39.6 Å². The van der Waals surface area contributed by atoms with Crippen LogP contribution in [0.25, 0.3) is 0 Å². The lowest BCUT2D eigenvalue weighted by molar-refractivity contribution is -0.123. The standard InChI is InChI=1S/C2H2N2O4.2CH2O2/c5-1(6)3-4-2(7)8;2*2-1-3/h(H,5,6)(H,7,8);2*1H,(H,2,3). The Kier molecular flexibility index (Phi) is 21.1. The maximum atomic E-state index is 9.38. The normalized spacial score (nSPS) is 7.14. The van der Waals surface area contributed by atoms with Crippen LogP contribution in [0.3, 0.4) is 0 Å². The van der Waals surface area contributed by atoms with Crippen LogP contribution in [0.5, 0.6) is 0 Å². The second-order valence-corrected chi connectivity index (χ2v) is 0.976. The summed E-state index contributed by atoms with van der Waals surface area (Å²) in [4.78, 5) is 35.5. The molecule has 0 spiro atoms. The van der Waals surface area contributed by atoms with Gasteiger partial charge in [-0.15, -0.1) is 0 Å². The highest BCUT2D eigenvalue weighted by Gasteiger charge is 1.91. The number of amides is 2. The van der Waals surface area contributed by atoms with Gasteiger partial charge in [0.2, 0.25) is 0 Å². The first-order valence-corrected chi connectivity index (χ1v) is 2.49. The minimum absolute atomic E-state index is 0.250. The van der Waals surface area contributed by atoms with E-state index < -0.39 is 12.2 Å². The van der Waals surface area contributed by atoms with Crippen molar-refractivity contribution in [2.45, 2.75) is 0 Å². The van der Waals surface area contributed by atoms with Crippen LogP contribution in [0, 0.1) is 0 Å². The van der Waals surface area contributed by atoms with Gasteiger partial charge in [-0.1, -0.05) is 10.2 Å². The first-order valence-electron chi connectivity index (χ1n) is 2.49. The first kappa shape index (κ1) is 17.5. The molecule has 0 saturated carbocycles. The number of nitrogens with zero attached hydrogens (tertiary/aromatic N) is 2. The Labute approximate surface area is 76.1 Å². The average Bonchev–Trinajstić information content (AvgIpc) is 2.04. The molecule has 0 bridgehead atoms. The summed E-state index contributed by atoms with van der Waals surface area (Å²) < 4.78 is 0. The van der Waals surface area contributed by atoms with Crippen LogP contribution in [-0.2, 0) is 9.59 Å². The summed E-state index contributed by atoms with van der Waals surface area (Å²) in [5.41, 5.74) is 0. The molecule has 80 valence electrons. The van der Waals surface area contributed by atoms with Gasteiger partial charge in [0, 0.05) is 0 Å². The first-order chi connectivity index (χ1) is 6.45. The van der Waals surface area contributed by atoms with Crippen LogP contribution in [0.2, 0.25) is 0 Å². The molecule has 0 rings (SSSR count). The molecule has 0 atom stereocenters. The van der Waals surface area contributed by atoms with Crippen LogP contribution in [-0.4, -0.2) is 45.6 Å². The monoisotopic (exact) mass is 210 g/mol. The minimum atomic E-state index is -1.62. The van der Waals surface area contributed by atoms with Gasteiger partial charge in [0.15, 0.2) is 0 Å². The van der Waals surface area contributed by atoms with Crippen molar-refractivity contribution in [2.24, 2.45) is 10.2 Å². The quantitative estimate of drug-likeness (QED) is 0.323. The predicted octanol–water partition coefficient (Wildman–Crippen LogP) is 0.196. The van der Waals surface area contributed by atoms with Gasteiger partial charge in [-0.05, 0) is 0 Å². The number of azo groups is 1. The van der Waals surface area contributed by atoms with Crippen LogP contribution in [0.15, 0.2) is 10.2 Å². The molecule has 4 N–H and O–H groups in total. The average molecular weight is 210 g/mol. The Balaban J connectivity index is -0.000000168. The molecule has 0 fully saturated rings.